The van der Waals surface area contributed by atoms with Crippen LogP contribution >= 0.6 is 11.3 Å². The highest BCUT2D eigenvalue weighted by molar-refractivity contribution is 7.15. The maximum absolute atomic E-state index is 12.4. The predicted octanol–water partition coefficient (Wildman–Crippen LogP) is 5.93. The largest absolute Gasteiger partial charge is 0.326 e. The van der Waals surface area contributed by atoms with Crippen molar-refractivity contribution in [3.8, 4) is 21.8 Å². The van der Waals surface area contributed by atoms with E-state index in [4.69, 9.17) is 4.98 Å². The van der Waals surface area contributed by atoms with Crippen LogP contribution in [0.1, 0.15) is 17.4 Å². The average molecular weight is 442 g/mol. The molecule has 0 fully saturated rings. The molecule has 6 heteroatoms. The Morgan fingerprint density at radius 2 is 1.44 bits per heavy atom. The number of aryl methyl sites for hydroxylation is 1. The molecule has 1 aromatic heterocycles. The third-order valence-corrected chi connectivity index (χ3v) is 5.92. The van der Waals surface area contributed by atoms with Crippen molar-refractivity contribution in [2.24, 2.45) is 0 Å². The molecular weight excluding hydrogens is 418 g/mol. The Labute approximate surface area is 191 Å². The van der Waals surface area contributed by atoms with Gasteiger partial charge in [-0.3, -0.25) is 9.59 Å². The van der Waals surface area contributed by atoms with Crippen molar-refractivity contribution >= 4 is 34.5 Å². The molecule has 0 saturated heterocycles. The van der Waals surface area contributed by atoms with Crippen LogP contribution in [-0.2, 0) is 16.0 Å². The number of aromatic nitrogens is 1. The molecule has 2 N–H and O–H groups in total. The molecule has 3 aromatic carbocycles. The Balaban J connectivity index is 1.40. The number of hydrogen-bond acceptors (Lipinski definition) is 4. The number of nitrogens with zero attached hydrogens (tertiary/aromatic N) is 1. The number of rotatable bonds is 6. The smallest absolute Gasteiger partial charge is 0.228 e. The standard InChI is InChI=1S/C26H23N3O2S/c1-17-25(29-26(32-17)21-6-4-3-5-7-21)20-10-14-23(15-11-20)28-24(31)16-19-8-12-22(13-9-19)27-18(2)30/h3-15H,16H2,1-2H3,(H,27,30)(H,28,31). The molecule has 2 amide bonds. The number of nitrogens with one attached hydrogen (secondary N) is 2. The van der Waals surface area contributed by atoms with Gasteiger partial charge in [0.1, 0.15) is 5.01 Å². The summed E-state index contributed by atoms with van der Waals surface area (Å²) in [6, 6.07) is 25.2. The topological polar surface area (TPSA) is 71.1 Å². The minimum atomic E-state index is -0.122. The summed E-state index contributed by atoms with van der Waals surface area (Å²) in [6.07, 6.45) is 0.258. The van der Waals surface area contributed by atoms with Gasteiger partial charge in [0.2, 0.25) is 11.8 Å². The van der Waals surface area contributed by atoms with Crippen LogP contribution in [0, 0.1) is 6.92 Å². The maximum atomic E-state index is 12.4. The second kappa shape index (κ2) is 9.58. The highest BCUT2D eigenvalue weighted by Crippen LogP contribution is 2.33. The molecular formula is C26H23N3O2S. The first-order valence-corrected chi connectivity index (χ1v) is 11.1. The van der Waals surface area contributed by atoms with Gasteiger partial charge in [-0.1, -0.05) is 54.6 Å². The number of hydrogen-bond donors (Lipinski definition) is 2. The van der Waals surface area contributed by atoms with Gasteiger partial charge < -0.3 is 10.6 Å². The molecule has 0 saturated carbocycles. The first-order chi connectivity index (χ1) is 15.5. The van der Waals surface area contributed by atoms with E-state index in [9.17, 15) is 9.59 Å². The number of carbonyl (C=O) groups excluding carboxylic acids is 2. The summed E-state index contributed by atoms with van der Waals surface area (Å²) in [6.45, 7) is 3.54. The Kier molecular flexibility index (Phi) is 6.42. The fourth-order valence-electron chi connectivity index (χ4n) is 3.38. The predicted molar refractivity (Wildman–Crippen MR) is 131 cm³/mol. The monoisotopic (exact) mass is 441 g/mol. The minimum Gasteiger partial charge on any atom is -0.326 e. The molecule has 0 unspecified atom stereocenters. The lowest BCUT2D eigenvalue weighted by molar-refractivity contribution is -0.116. The Bertz CT molecular complexity index is 1230. The molecule has 32 heavy (non-hydrogen) atoms. The zero-order valence-corrected chi connectivity index (χ0v) is 18.7. The van der Waals surface area contributed by atoms with Crippen LogP contribution in [0.4, 0.5) is 11.4 Å². The number of benzene rings is 3. The lowest BCUT2D eigenvalue weighted by atomic mass is 10.1. The van der Waals surface area contributed by atoms with E-state index in [1.165, 1.54) is 6.92 Å². The van der Waals surface area contributed by atoms with Gasteiger partial charge in [-0.25, -0.2) is 4.98 Å². The molecule has 1 heterocycles. The summed E-state index contributed by atoms with van der Waals surface area (Å²) in [5.41, 5.74) is 5.42. The van der Waals surface area contributed by atoms with E-state index in [1.54, 1.807) is 23.5 Å². The lowest BCUT2D eigenvalue weighted by Gasteiger charge is -2.07. The Hall–Kier alpha value is -3.77. The third kappa shape index (κ3) is 5.28. The van der Waals surface area contributed by atoms with Gasteiger partial charge >= 0.3 is 0 Å². The second-order valence-electron chi connectivity index (χ2n) is 7.47. The van der Waals surface area contributed by atoms with Gasteiger partial charge in [0, 0.05) is 34.3 Å². The number of anilines is 2. The molecule has 0 aliphatic carbocycles. The van der Waals surface area contributed by atoms with Crippen LogP contribution in [-0.4, -0.2) is 16.8 Å². The summed E-state index contributed by atoms with van der Waals surface area (Å²) in [7, 11) is 0. The Morgan fingerprint density at radius 3 is 2.09 bits per heavy atom. The van der Waals surface area contributed by atoms with Crippen molar-refractivity contribution in [1.82, 2.24) is 4.98 Å². The average Bonchev–Trinajstić information content (AvgIpc) is 3.17. The highest BCUT2D eigenvalue weighted by Gasteiger charge is 2.12. The second-order valence-corrected chi connectivity index (χ2v) is 8.67. The zero-order chi connectivity index (χ0) is 22.5. The number of thiazole rings is 1. The molecule has 0 bridgehead atoms. The molecule has 4 rings (SSSR count). The lowest BCUT2D eigenvalue weighted by Crippen LogP contribution is -2.14. The maximum Gasteiger partial charge on any atom is 0.228 e. The van der Waals surface area contributed by atoms with Crippen molar-refractivity contribution in [3.63, 3.8) is 0 Å². The molecule has 0 radical (unpaired) electrons. The van der Waals surface area contributed by atoms with E-state index >= 15 is 0 Å². The van der Waals surface area contributed by atoms with Crippen molar-refractivity contribution < 1.29 is 9.59 Å². The van der Waals surface area contributed by atoms with Crippen LogP contribution in [0.5, 0.6) is 0 Å². The van der Waals surface area contributed by atoms with Gasteiger partial charge in [-0.15, -0.1) is 11.3 Å². The van der Waals surface area contributed by atoms with Crippen LogP contribution in [0.2, 0.25) is 0 Å². The van der Waals surface area contributed by atoms with Gasteiger partial charge in [0.05, 0.1) is 12.1 Å². The third-order valence-electron chi connectivity index (χ3n) is 4.90. The van der Waals surface area contributed by atoms with Gasteiger partial charge in [0.15, 0.2) is 0 Å². The van der Waals surface area contributed by atoms with E-state index in [0.29, 0.717) is 5.69 Å². The molecule has 5 nitrogen and oxygen atoms in total. The van der Waals surface area contributed by atoms with Crippen molar-refractivity contribution in [2.45, 2.75) is 20.3 Å². The molecule has 0 spiro atoms. The quantitative estimate of drug-likeness (QED) is 0.390. The first-order valence-electron chi connectivity index (χ1n) is 10.3. The van der Waals surface area contributed by atoms with Gasteiger partial charge in [-0.05, 0) is 36.8 Å². The highest BCUT2D eigenvalue weighted by atomic mass is 32.1. The first kappa shape index (κ1) is 21.5. The van der Waals surface area contributed by atoms with Crippen molar-refractivity contribution in [1.29, 1.82) is 0 Å². The zero-order valence-electron chi connectivity index (χ0n) is 17.9. The molecule has 160 valence electrons. The van der Waals surface area contributed by atoms with Crippen molar-refractivity contribution in [2.75, 3.05) is 10.6 Å². The van der Waals surface area contributed by atoms with Gasteiger partial charge in [-0.2, -0.15) is 0 Å². The summed E-state index contributed by atoms with van der Waals surface area (Å²) >= 11 is 1.68. The summed E-state index contributed by atoms with van der Waals surface area (Å²) in [5.74, 6) is -0.218. The van der Waals surface area contributed by atoms with E-state index in [2.05, 4.69) is 29.7 Å². The van der Waals surface area contributed by atoms with E-state index < -0.39 is 0 Å². The molecule has 0 aliphatic rings. The van der Waals surface area contributed by atoms with Crippen LogP contribution in [0.25, 0.3) is 21.8 Å². The normalized spacial score (nSPS) is 10.6. The summed E-state index contributed by atoms with van der Waals surface area (Å²) in [4.78, 5) is 29.5. The summed E-state index contributed by atoms with van der Waals surface area (Å²) < 4.78 is 0. The molecule has 4 aromatic rings. The van der Waals surface area contributed by atoms with Crippen LogP contribution < -0.4 is 10.6 Å². The van der Waals surface area contributed by atoms with E-state index in [0.717, 1.165) is 38.0 Å². The fourth-order valence-corrected chi connectivity index (χ4v) is 4.32. The van der Waals surface area contributed by atoms with Crippen LogP contribution in [0.15, 0.2) is 78.9 Å². The minimum absolute atomic E-state index is 0.0961. The molecule has 0 atom stereocenters. The van der Waals surface area contributed by atoms with E-state index in [-0.39, 0.29) is 18.2 Å². The Morgan fingerprint density at radius 1 is 0.812 bits per heavy atom. The number of amides is 2. The fraction of sp³-hybridized carbons (Fsp3) is 0.115. The van der Waals surface area contributed by atoms with E-state index in [1.807, 2.05) is 54.6 Å². The SMILES string of the molecule is CC(=O)Nc1ccc(CC(=O)Nc2ccc(-c3nc(-c4ccccc4)sc3C)cc2)cc1. The molecule has 0 aliphatic heterocycles. The number of carbonyl (C=O) groups is 2. The van der Waals surface area contributed by atoms with Crippen molar-refractivity contribution in [3.05, 3.63) is 89.3 Å². The summed E-state index contributed by atoms with van der Waals surface area (Å²) in [5, 5.41) is 6.65. The van der Waals surface area contributed by atoms with Crippen LogP contribution in [0.3, 0.4) is 0 Å². The van der Waals surface area contributed by atoms with Gasteiger partial charge in [0.25, 0.3) is 0 Å².